The first-order valence-electron chi connectivity index (χ1n) is 4.53. The molecule has 0 amide bonds. The molecule has 0 fully saturated rings. The molecule has 0 saturated carbocycles. The largest absolute Gasteiger partial charge is 0.378 e. The number of rotatable bonds is 4. The van der Waals surface area contributed by atoms with Gasteiger partial charge in [0.2, 0.25) is 0 Å². The van der Waals surface area contributed by atoms with E-state index >= 15 is 0 Å². The highest BCUT2D eigenvalue weighted by atomic mass is 35.5. The lowest BCUT2D eigenvalue weighted by molar-refractivity contribution is 0.597. The maximum Gasteiger partial charge on any atom is 0.179 e. The Kier molecular flexibility index (Phi) is 3.99. The van der Waals surface area contributed by atoms with Crippen molar-refractivity contribution in [1.29, 1.82) is 0 Å². The molecule has 84 valence electrons. The van der Waals surface area contributed by atoms with Crippen LogP contribution < -0.4 is 4.90 Å². The van der Waals surface area contributed by atoms with Crippen LogP contribution in [0.1, 0.15) is 0 Å². The fourth-order valence-corrected chi connectivity index (χ4v) is 2.81. The standard InChI is InChI=1S/C10H14ClNO2S/c1-12(2)9-4-3-5-10(8-9)15(13,14)7-6-11/h3-5,8H,6-7H2,1-2H3. The quantitative estimate of drug-likeness (QED) is 0.761. The van der Waals surface area contributed by atoms with E-state index in [-0.39, 0.29) is 11.6 Å². The first kappa shape index (κ1) is 12.3. The van der Waals surface area contributed by atoms with Crippen LogP contribution in [0.2, 0.25) is 0 Å². The van der Waals surface area contributed by atoms with Gasteiger partial charge in [-0.05, 0) is 18.2 Å². The third-order valence-corrected chi connectivity index (χ3v) is 4.17. The van der Waals surface area contributed by atoms with Gasteiger partial charge in [0, 0.05) is 25.7 Å². The predicted octanol–water partition coefficient (Wildman–Crippen LogP) is 1.77. The first-order valence-corrected chi connectivity index (χ1v) is 6.72. The monoisotopic (exact) mass is 247 g/mol. The molecule has 0 unspecified atom stereocenters. The Hall–Kier alpha value is -0.740. The van der Waals surface area contributed by atoms with Crippen LogP contribution in [-0.2, 0) is 9.84 Å². The Morgan fingerprint density at radius 2 is 2.00 bits per heavy atom. The number of hydrogen-bond donors (Lipinski definition) is 0. The van der Waals surface area contributed by atoms with E-state index in [0.717, 1.165) is 5.69 Å². The molecule has 0 spiro atoms. The Balaban J connectivity index is 3.11. The number of hydrogen-bond acceptors (Lipinski definition) is 3. The summed E-state index contributed by atoms with van der Waals surface area (Å²) in [5, 5.41) is 0. The maximum atomic E-state index is 11.7. The molecule has 1 rings (SSSR count). The van der Waals surface area contributed by atoms with E-state index < -0.39 is 9.84 Å². The molecule has 0 heterocycles. The zero-order chi connectivity index (χ0) is 11.5. The normalized spacial score (nSPS) is 11.4. The minimum absolute atomic E-state index is 0.0224. The second-order valence-electron chi connectivity index (χ2n) is 3.40. The van der Waals surface area contributed by atoms with Crippen LogP contribution in [0.15, 0.2) is 29.2 Å². The van der Waals surface area contributed by atoms with Gasteiger partial charge in [0.25, 0.3) is 0 Å². The molecular formula is C10H14ClNO2S. The smallest absolute Gasteiger partial charge is 0.179 e. The molecule has 0 aliphatic rings. The van der Waals surface area contributed by atoms with Crippen LogP contribution in [0.3, 0.4) is 0 Å². The van der Waals surface area contributed by atoms with E-state index in [9.17, 15) is 8.42 Å². The van der Waals surface area contributed by atoms with Gasteiger partial charge in [0.1, 0.15) is 0 Å². The van der Waals surface area contributed by atoms with Gasteiger partial charge < -0.3 is 4.90 Å². The van der Waals surface area contributed by atoms with Gasteiger partial charge in [-0.3, -0.25) is 0 Å². The predicted molar refractivity (Wildman–Crippen MR) is 63.5 cm³/mol. The minimum Gasteiger partial charge on any atom is -0.378 e. The Labute approximate surface area is 95.6 Å². The summed E-state index contributed by atoms with van der Waals surface area (Å²) < 4.78 is 23.4. The van der Waals surface area contributed by atoms with Crippen molar-refractivity contribution in [3.8, 4) is 0 Å². The molecule has 0 atom stereocenters. The molecule has 0 bridgehead atoms. The minimum atomic E-state index is -3.22. The highest BCUT2D eigenvalue weighted by Gasteiger charge is 2.13. The van der Waals surface area contributed by atoms with Crippen molar-refractivity contribution in [3.63, 3.8) is 0 Å². The van der Waals surface area contributed by atoms with Gasteiger partial charge in [-0.25, -0.2) is 8.42 Å². The van der Waals surface area contributed by atoms with Gasteiger partial charge in [0.05, 0.1) is 10.6 Å². The SMILES string of the molecule is CN(C)c1cccc(S(=O)(=O)CCCl)c1. The summed E-state index contributed by atoms with van der Waals surface area (Å²) in [6, 6.07) is 6.84. The third-order valence-electron chi connectivity index (χ3n) is 2.04. The maximum absolute atomic E-state index is 11.7. The van der Waals surface area contributed by atoms with Gasteiger partial charge >= 0.3 is 0 Å². The Morgan fingerprint density at radius 1 is 1.33 bits per heavy atom. The lowest BCUT2D eigenvalue weighted by Gasteiger charge is -2.13. The molecule has 15 heavy (non-hydrogen) atoms. The highest BCUT2D eigenvalue weighted by molar-refractivity contribution is 7.91. The summed E-state index contributed by atoms with van der Waals surface area (Å²) in [4.78, 5) is 2.19. The zero-order valence-corrected chi connectivity index (χ0v) is 10.3. The van der Waals surface area contributed by atoms with Gasteiger partial charge in [0.15, 0.2) is 9.84 Å². The van der Waals surface area contributed by atoms with Crippen LogP contribution in [0.5, 0.6) is 0 Å². The highest BCUT2D eigenvalue weighted by Crippen LogP contribution is 2.18. The number of benzene rings is 1. The van der Waals surface area contributed by atoms with Crippen LogP contribution in [0.25, 0.3) is 0 Å². The Bertz CT molecular complexity index is 429. The fraction of sp³-hybridized carbons (Fsp3) is 0.400. The number of halogens is 1. The summed E-state index contributed by atoms with van der Waals surface area (Å²) in [5.41, 5.74) is 0.866. The molecule has 5 heteroatoms. The molecule has 0 aliphatic heterocycles. The molecule has 1 aromatic rings. The number of anilines is 1. The van der Waals surface area contributed by atoms with Crippen molar-refractivity contribution in [2.45, 2.75) is 4.90 Å². The van der Waals surface area contributed by atoms with E-state index in [1.165, 1.54) is 0 Å². The summed E-state index contributed by atoms with van der Waals surface area (Å²) in [7, 11) is 0.512. The summed E-state index contributed by atoms with van der Waals surface area (Å²) in [5.74, 6) is 0.0972. The van der Waals surface area contributed by atoms with Crippen molar-refractivity contribution < 1.29 is 8.42 Å². The second kappa shape index (κ2) is 4.86. The van der Waals surface area contributed by atoms with Crippen molar-refractivity contribution in [2.24, 2.45) is 0 Å². The first-order chi connectivity index (χ1) is 6.97. The molecule has 0 aromatic heterocycles. The van der Waals surface area contributed by atoms with E-state index in [1.54, 1.807) is 18.2 Å². The molecule has 0 N–H and O–H groups in total. The van der Waals surface area contributed by atoms with Crippen LogP contribution in [-0.4, -0.2) is 34.1 Å². The lowest BCUT2D eigenvalue weighted by Crippen LogP contribution is -2.11. The van der Waals surface area contributed by atoms with E-state index in [4.69, 9.17) is 11.6 Å². The van der Waals surface area contributed by atoms with E-state index in [0.29, 0.717) is 4.90 Å². The summed E-state index contributed by atoms with van der Waals surface area (Å²) in [6.45, 7) is 0. The molecule has 0 saturated heterocycles. The average Bonchev–Trinajstić information content (AvgIpc) is 2.18. The molecule has 0 radical (unpaired) electrons. The third kappa shape index (κ3) is 3.11. The van der Waals surface area contributed by atoms with Crippen molar-refractivity contribution in [1.82, 2.24) is 0 Å². The Morgan fingerprint density at radius 3 is 2.53 bits per heavy atom. The average molecular weight is 248 g/mol. The fourth-order valence-electron chi connectivity index (χ4n) is 1.17. The van der Waals surface area contributed by atoms with Gasteiger partial charge in [-0.15, -0.1) is 11.6 Å². The van der Waals surface area contributed by atoms with E-state index in [1.807, 2.05) is 25.1 Å². The van der Waals surface area contributed by atoms with Gasteiger partial charge in [-0.1, -0.05) is 6.07 Å². The van der Waals surface area contributed by atoms with Crippen molar-refractivity contribution >= 4 is 27.1 Å². The number of alkyl halides is 1. The topological polar surface area (TPSA) is 37.4 Å². The molecule has 0 aliphatic carbocycles. The van der Waals surface area contributed by atoms with Crippen molar-refractivity contribution in [2.75, 3.05) is 30.6 Å². The summed E-state index contributed by atoms with van der Waals surface area (Å²) in [6.07, 6.45) is 0. The van der Waals surface area contributed by atoms with E-state index in [2.05, 4.69) is 0 Å². The zero-order valence-electron chi connectivity index (χ0n) is 8.77. The summed E-state index contributed by atoms with van der Waals surface area (Å²) >= 11 is 5.45. The number of nitrogens with zero attached hydrogens (tertiary/aromatic N) is 1. The van der Waals surface area contributed by atoms with Crippen LogP contribution >= 0.6 is 11.6 Å². The van der Waals surface area contributed by atoms with Crippen molar-refractivity contribution in [3.05, 3.63) is 24.3 Å². The van der Waals surface area contributed by atoms with Gasteiger partial charge in [-0.2, -0.15) is 0 Å². The lowest BCUT2D eigenvalue weighted by atomic mass is 10.3. The molecule has 3 nitrogen and oxygen atoms in total. The van der Waals surface area contributed by atoms with Crippen LogP contribution in [0.4, 0.5) is 5.69 Å². The van der Waals surface area contributed by atoms with Crippen LogP contribution in [0, 0.1) is 0 Å². The molecule has 1 aromatic carbocycles. The number of sulfone groups is 1. The second-order valence-corrected chi connectivity index (χ2v) is 5.89. The molecular weight excluding hydrogens is 234 g/mol.